The first-order valence-electron chi connectivity index (χ1n) is 6.16. The lowest BCUT2D eigenvalue weighted by atomic mass is 10.1. The molecule has 0 radical (unpaired) electrons. The summed E-state index contributed by atoms with van der Waals surface area (Å²) in [5, 5.41) is 0.960. The van der Waals surface area contributed by atoms with E-state index in [4.69, 9.17) is 33.7 Å². The third kappa shape index (κ3) is 2.02. The van der Waals surface area contributed by atoms with Gasteiger partial charge in [0.2, 0.25) is 0 Å². The maximum atomic E-state index is 6.24. The predicted molar refractivity (Wildman–Crippen MR) is 73.4 cm³/mol. The molecule has 3 rings (SSSR count). The molecule has 1 saturated carbocycles. The van der Waals surface area contributed by atoms with Crippen LogP contribution >= 0.6 is 23.2 Å². The molecule has 2 unspecified atom stereocenters. The van der Waals surface area contributed by atoms with E-state index in [0.717, 1.165) is 25.2 Å². The molecule has 98 valence electrons. The zero-order valence-corrected chi connectivity index (χ0v) is 11.4. The zero-order valence-electron chi connectivity index (χ0n) is 9.90. The molecule has 2 atom stereocenters. The minimum atomic E-state index is 0.300. The van der Waals surface area contributed by atoms with Gasteiger partial charge in [0.15, 0.2) is 0 Å². The van der Waals surface area contributed by atoms with Crippen molar-refractivity contribution in [3.8, 4) is 0 Å². The summed E-state index contributed by atoms with van der Waals surface area (Å²) in [6, 6.07) is 2.03. The number of hydrogen-bond donors (Lipinski definition) is 1. The molecule has 2 aliphatic rings. The number of ether oxygens (including phenoxy) is 1. The third-order valence-corrected chi connectivity index (χ3v) is 4.27. The molecule has 6 heteroatoms. The Labute approximate surface area is 116 Å². The lowest BCUT2D eigenvalue weighted by Crippen LogP contribution is -2.49. The highest BCUT2D eigenvalue weighted by atomic mass is 35.5. The van der Waals surface area contributed by atoms with E-state index in [-0.39, 0.29) is 0 Å². The molecular weight excluding hydrogens is 273 g/mol. The number of nitrogens with two attached hydrogens (primary N) is 1. The molecule has 1 aromatic rings. The number of halogens is 2. The number of anilines is 2. The van der Waals surface area contributed by atoms with Crippen LogP contribution in [-0.2, 0) is 4.74 Å². The van der Waals surface area contributed by atoms with Crippen molar-refractivity contribution in [2.75, 3.05) is 23.8 Å². The first-order chi connectivity index (χ1) is 8.66. The number of nitrogen functional groups attached to an aromatic ring is 1. The van der Waals surface area contributed by atoms with Crippen LogP contribution in [0, 0.1) is 0 Å². The summed E-state index contributed by atoms with van der Waals surface area (Å²) in [5.41, 5.74) is 5.77. The molecule has 1 saturated heterocycles. The maximum Gasteiger partial charge on any atom is 0.150 e. The molecule has 1 aromatic heterocycles. The van der Waals surface area contributed by atoms with E-state index in [9.17, 15) is 0 Å². The number of rotatable bonds is 1. The summed E-state index contributed by atoms with van der Waals surface area (Å²) in [5.74, 6) is 1.07. The van der Waals surface area contributed by atoms with Gasteiger partial charge in [0, 0.05) is 6.54 Å². The first kappa shape index (κ1) is 12.3. The molecule has 0 spiro atoms. The highest BCUT2D eigenvalue weighted by Crippen LogP contribution is 2.37. The fraction of sp³-hybridized carbons (Fsp3) is 0.583. The Bertz CT molecular complexity index is 469. The van der Waals surface area contributed by atoms with Gasteiger partial charge in [-0.05, 0) is 25.3 Å². The molecule has 1 aliphatic heterocycles. The Morgan fingerprint density at radius 2 is 2.17 bits per heavy atom. The second-order valence-corrected chi connectivity index (χ2v) is 5.58. The lowest BCUT2D eigenvalue weighted by molar-refractivity contribution is 0.0253. The summed E-state index contributed by atoms with van der Waals surface area (Å²) < 4.78 is 5.78. The van der Waals surface area contributed by atoms with Gasteiger partial charge in [-0.15, -0.1) is 0 Å². The highest BCUT2D eigenvalue weighted by molar-refractivity contribution is 6.37. The van der Waals surface area contributed by atoms with Crippen molar-refractivity contribution in [1.29, 1.82) is 0 Å². The van der Waals surface area contributed by atoms with Crippen molar-refractivity contribution in [2.45, 2.75) is 31.4 Å². The van der Waals surface area contributed by atoms with Gasteiger partial charge in [-0.1, -0.05) is 23.2 Å². The van der Waals surface area contributed by atoms with Gasteiger partial charge >= 0.3 is 0 Å². The van der Waals surface area contributed by atoms with Crippen LogP contribution in [0.15, 0.2) is 6.07 Å². The average Bonchev–Trinajstić information content (AvgIpc) is 2.82. The second-order valence-electron chi connectivity index (χ2n) is 4.76. The molecule has 0 amide bonds. The topological polar surface area (TPSA) is 51.4 Å². The van der Waals surface area contributed by atoms with Gasteiger partial charge in [0.25, 0.3) is 0 Å². The maximum absolute atomic E-state index is 6.24. The third-order valence-electron chi connectivity index (χ3n) is 3.69. The van der Waals surface area contributed by atoms with Crippen LogP contribution in [0.2, 0.25) is 10.0 Å². The molecule has 0 aromatic carbocycles. The van der Waals surface area contributed by atoms with Crippen LogP contribution in [0.25, 0.3) is 0 Å². The fourth-order valence-corrected chi connectivity index (χ4v) is 3.33. The zero-order chi connectivity index (χ0) is 12.7. The Kier molecular flexibility index (Phi) is 3.26. The van der Waals surface area contributed by atoms with Gasteiger partial charge < -0.3 is 15.4 Å². The van der Waals surface area contributed by atoms with Crippen molar-refractivity contribution in [3.63, 3.8) is 0 Å². The SMILES string of the molecule is Nc1nc(N2CCOC3CCCC32)c(Cl)cc1Cl. The molecule has 2 fully saturated rings. The largest absolute Gasteiger partial charge is 0.382 e. The number of morpholine rings is 1. The summed E-state index contributed by atoms with van der Waals surface area (Å²) in [6.07, 6.45) is 3.72. The molecule has 0 bridgehead atoms. The van der Waals surface area contributed by atoms with Gasteiger partial charge in [-0.25, -0.2) is 4.98 Å². The van der Waals surface area contributed by atoms with Crippen LogP contribution < -0.4 is 10.6 Å². The molecule has 2 N–H and O–H groups in total. The van der Waals surface area contributed by atoms with E-state index >= 15 is 0 Å². The smallest absolute Gasteiger partial charge is 0.150 e. The highest BCUT2D eigenvalue weighted by Gasteiger charge is 2.37. The van der Waals surface area contributed by atoms with Crippen molar-refractivity contribution in [2.24, 2.45) is 0 Å². The number of fused-ring (bicyclic) bond motifs is 1. The molecule has 2 heterocycles. The fourth-order valence-electron chi connectivity index (χ4n) is 2.86. The summed E-state index contributed by atoms with van der Waals surface area (Å²) in [6.45, 7) is 1.51. The van der Waals surface area contributed by atoms with Crippen molar-refractivity contribution >= 4 is 34.8 Å². The molecule has 1 aliphatic carbocycles. The summed E-state index contributed by atoms with van der Waals surface area (Å²) in [4.78, 5) is 6.56. The molecular formula is C12H15Cl2N3O. The van der Waals surface area contributed by atoms with Crippen molar-refractivity contribution in [1.82, 2.24) is 4.98 Å². The molecule has 4 nitrogen and oxygen atoms in total. The van der Waals surface area contributed by atoms with Crippen LogP contribution in [0.3, 0.4) is 0 Å². The van der Waals surface area contributed by atoms with E-state index in [1.807, 2.05) is 0 Å². The minimum absolute atomic E-state index is 0.300. The number of nitrogens with zero attached hydrogens (tertiary/aromatic N) is 2. The lowest BCUT2D eigenvalue weighted by Gasteiger charge is -2.38. The Morgan fingerprint density at radius 1 is 1.33 bits per heavy atom. The van der Waals surface area contributed by atoms with Gasteiger partial charge in [-0.2, -0.15) is 0 Å². The van der Waals surface area contributed by atoms with E-state index in [1.165, 1.54) is 6.42 Å². The second kappa shape index (κ2) is 4.76. The van der Waals surface area contributed by atoms with Crippen molar-refractivity contribution < 1.29 is 4.74 Å². The standard InChI is InChI=1S/C12H15Cl2N3O/c13-7-6-8(14)12(16-11(7)15)17-4-5-18-10-3-1-2-9(10)17/h6,9-10H,1-5H2,(H2,15,16). The average molecular weight is 288 g/mol. The Morgan fingerprint density at radius 3 is 3.00 bits per heavy atom. The number of aromatic nitrogens is 1. The minimum Gasteiger partial charge on any atom is -0.382 e. The summed E-state index contributed by atoms with van der Waals surface area (Å²) in [7, 11) is 0. The van der Waals surface area contributed by atoms with E-state index < -0.39 is 0 Å². The number of hydrogen-bond acceptors (Lipinski definition) is 4. The van der Waals surface area contributed by atoms with E-state index in [2.05, 4.69) is 9.88 Å². The summed E-state index contributed by atoms with van der Waals surface area (Å²) >= 11 is 12.2. The van der Waals surface area contributed by atoms with Crippen LogP contribution in [0.4, 0.5) is 11.6 Å². The quantitative estimate of drug-likeness (QED) is 0.863. The van der Waals surface area contributed by atoms with Gasteiger partial charge in [0.1, 0.15) is 11.6 Å². The van der Waals surface area contributed by atoms with Crippen LogP contribution in [0.1, 0.15) is 19.3 Å². The normalized spacial score (nSPS) is 27.3. The van der Waals surface area contributed by atoms with E-state index in [0.29, 0.717) is 34.6 Å². The molecule has 18 heavy (non-hydrogen) atoms. The van der Waals surface area contributed by atoms with Crippen molar-refractivity contribution in [3.05, 3.63) is 16.1 Å². The van der Waals surface area contributed by atoms with Gasteiger partial charge in [-0.3, -0.25) is 0 Å². The predicted octanol–water partition coefficient (Wildman–Crippen LogP) is 2.73. The van der Waals surface area contributed by atoms with E-state index in [1.54, 1.807) is 6.07 Å². The van der Waals surface area contributed by atoms with Crippen LogP contribution in [0.5, 0.6) is 0 Å². The Hall–Kier alpha value is -0.710. The Balaban J connectivity index is 1.96. The van der Waals surface area contributed by atoms with Gasteiger partial charge in [0.05, 0.1) is 28.8 Å². The van der Waals surface area contributed by atoms with Crippen LogP contribution in [-0.4, -0.2) is 30.3 Å². The number of pyridine rings is 1. The first-order valence-corrected chi connectivity index (χ1v) is 6.92. The monoisotopic (exact) mass is 287 g/mol.